The van der Waals surface area contributed by atoms with Crippen LogP contribution in [-0.4, -0.2) is 21.3 Å². The molecule has 1 N–H and O–H groups in total. The smallest absolute Gasteiger partial charge is 0.164 e. The first-order valence-corrected chi connectivity index (χ1v) is 6.78. The highest BCUT2D eigenvalue weighted by atomic mass is 15.3. The van der Waals surface area contributed by atoms with Crippen LogP contribution >= 0.6 is 0 Å². The van der Waals surface area contributed by atoms with Gasteiger partial charge < -0.3 is 5.32 Å². The SMILES string of the molecule is Cc1cccc(Cn2cnc(CNCC(C)C)n2)c1. The normalized spacial score (nSPS) is 11.2. The maximum Gasteiger partial charge on any atom is 0.164 e. The number of aromatic nitrogens is 3. The third kappa shape index (κ3) is 4.48. The molecule has 0 atom stereocenters. The fraction of sp³-hybridized carbons (Fsp3) is 0.467. The Bertz CT molecular complexity index is 516. The van der Waals surface area contributed by atoms with Crippen LogP contribution in [0.1, 0.15) is 30.8 Å². The highest BCUT2D eigenvalue weighted by molar-refractivity contribution is 5.22. The van der Waals surface area contributed by atoms with Crippen LogP contribution in [0.25, 0.3) is 0 Å². The Labute approximate surface area is 114 Å². The van der Waals surface area contributed by atoms with Crippen LogP contribution in [0.2, 0.25) is 0 Å². The van der Waals surface area contributed by atoms with E-state index in [1.54, 1.807) is 6.33 Å². The molecule has 102 valence electrons. The molecule has 0 aliphatic heterocycles. The summed E-state index contributed by atoms with van der Waals surface area (Å²) in [6.45, 7) is 8.99. The Hall–Kier alpha value is -1.68. The second kappa shape index (κ2) is 6.48. The lowest BCUT2D eigenvalue weighted by Gasteiger charge is -2.04. The first kappa shape index (κ1) is 13.7. The molecule has 4 heteroatoms. The van der Waals surface area contributed by atoms with Crippen molar-refractivity contribution in [2.75, 3.05) is 6.54 Å². The van der Waals surface area contributed by atoms with E-state index in [2.05, 4.69) is 60.4 Å². The monoisotopic (exact) mass is 258 g/mol. The second-order valence-corrected chi connectivity index (χ2v) is 5.37. The Morgan fingerprint density at radius 3 is 2.89 bits per heavy atom. The molecule has 0 amide bonds. The summed E-state index contributed by atoms with van der Waals surface area (Å²) < 4.78 is 1.89. The molecule has 0 bridgehead atoms. The van der Waals surface area contributed by atoms with Crippen molar-refractivity contribution < 1.29 is 0 Å². The van der Waals surface area contributed by atoms with Gasteiger partial charge in [-0.05, 0) is 24.9 Å². The summed E-state index contributed by atoms with van der Waals surface area (Å²) in [4.78, 5) is 4.32. The predicted octanol–water partition coefficient (Wildman–Crippen LogP) is 2.38. The molecular weight excluding hydrogens is 236 g/mol. The molecule has 0 saturated carbocycles. The predicted molar refractivity (Wildman–Crippen MR) is 76.8 cm³/mol. The third-order valence-electron chi connectivity index (χ3n) is 2.85. The fourth-order valence-electron chi connectivity index (χ4n) is 1.96. The Balaban J connectivity index is 1.90. The Kier molecular flexibility index (Phi) is 4.68. The van der Waals surface area contributed by atoms with Crippen LogP contribution in [0.15, 0.2) is 30.6 Å². The number of rotatable bonds is 6. The zero-order valence-electron chi connectivity index (χ0n) is 11.9. The van der Waals surface area contributed by atoms with Crippen LogP contribution in [0.4, 0.5) is 0 Å². The number of hydrogen-bond donors (Lipinski definition) is 1. The summed E-state index contributed by atoms with van der Waals surface area (Å²) in [5, 5.41) is 7.82. The standard InChI is InChI=1S/C15H22N4/c1-12(2)8-16-9-15-17-11-19(18-15)10-14-6-4-5-13(3)7-14/h4-7,11-12,16H,8-10H2,1-3H3. The molecule has 1 aromatic carbocycles. The minimum absolute atomic E-state index is 0.648. The third-order valence-corrected chi connectivity index (χ3v) is 2.85. The average molecular weight is 258 g/mol. The maximum absolute atomic E-state index is 4.48. The summed E-state index contributed by atoms with van der Waals surface area (Å²) in [5.74, 6) is 1.50. The van der Waals surface area contributed by atoms with Gasteiger partial charge in [-0.15, -0.1) is 0 Å². The van der Waals surface area contributed by atoms with E-state index in [4.69, 9.17) is 0 Å². The van der Waals surface area contributed by atoms with E-state index in [1.165, 1.54) is 11.1 Å². The van der Waals surface area contributed by atoms with E-state index in [1.807, 2.05) is 4.68 Å². The maximum atomic E-state index is 4.48. The van der Waals surface area contributed by atoms with Crippen molar-refractivity contribution in [1.82, 2.24) is 20.1 Å². The Morgan fingerprint density at radius 1 is 1.32 bits per heavy atom. The van der Waals surface area contributed by atoms with Crippen molar-refractivity contribution >= 4 is 0 Å². The minimum atomic E-state index is 0.648. The summed E-state index contributed by atoms with van der Waals surface area (Å²) in [7, 11) is 0. The molecule has 0 spiro atoms. The summed E-state index contributed by atoms with van der Waals surface area (Å²) in [6.07, 6.45) is 1.80. The van der Waals surface area contributed by atoms with Crippen molar-refractivity contribution in [3.8, 4) is 0 Å². The van der Waals surface area contributed by atoms with Crippen LogP contribution in [0.3, 0.4) is 0 Å². The van der Waals surface area contributed by atoms with E-state index < -0.39 is 0 Å². The van der Waals surface area contributed by atoms with E-state index in [0.29, 0.717) is 5.92 Å². The lowest BCUT2D eigenvalue weighted by atomic mass is 10.1. The number of nitrogens with one attached hydrogen (secondary N) is 1. The van der Waals surface area contributed by atoms with Gasteiger partial charge in [-0.2, -0.15) is 5.10 Å². The molecule has 19 heavy (non-hydrogen) atoms. The van der Waals surface area contributed by atoms with Gasteiger partial charge >= 0.3 is 0 Å². The van der Waals surface area contributed by atoms with Crippen LogP contribution < -0.4 is 5.32 Å². The van der Waals surface area contributed by atoms with Gasteiger partial charge in [0.1, 0.15) is 6.33 Å². The molecule has 4 nitrogen and oxygen atoms in total. The van der Waals surface area contributed by atoms with E-state index in [0.717, 1.165) is 25.5 Å². The van der Waals surface area contributed by atoms with Crippen molar-refractivity contribution in [3.05, 3.63) is 47.5 Å². The zero-order chi connectivity index (χ0) is 13.7. The highest BCUT2D eigenvalue weighted by Crippen LogP contribution is 2.05. The van der Waals surface area contributed by atoms with Gasteiger partial charge in [-0.1, -0.05) is 43.7 Å². The van der Waals surface area contributed by atoms with Gasteiger partial charge in [-0.3, -0.25) is 0 Å². The molecule has 2 aromatic rings. The summed E-state index contributed by atoms with van der Waals surface area (Å²) in [5.41, 5.74) is 2.53. The van der Waals surface area contributed by atoms with Crippen molar-refractivity contribution in [2.45, 2.75) is 33.9 Å². The Morgan fingerprint density at radius 2 is 2.16 bits per heavy atom. The van der Waals surface area contributed by atoms with Gasteiger partial charge in [-0.25, -0.2) is 9.67 Å². The first-order chi connectivity index (χ1) is 9.13. The number of aryl methyl sites for hydroxylation is 1. The van der Waals surface area contributed by atoms with Crippen molar-refractivity contribution in [3.63, 3.8) is 0 Å². The molecule has 0 radical (unpaired) electrons. The van der Waals surface area contributed by atoms with Gasteiger partial charge in [0.2, 0.25) is 0 Å². The summed E-state index contributed by atoms with van der Waals surface area (Å²) >= 11 is 0. The first-order valence-electron chi connectivity index (χ1n) is 6.78. The highest BCUT2D eigenvalue weighted by Gasteiger charge is 2.02. The molecular formula is C15H22N4. The molecule has 0 unspecified atom stereocenters. The molecule has 1 aromatic heterocycles. The van der Waals surface area contributed by atoms with Gasteiger partial charge in [0.05, 0.1) is 13.1 Å². The molecule has 0 aliphatic rings. The second-order valence-electron chi connectivity index (χ2n) is 5.37. The largest absolute Gasteiger partial charge is 0.310 e. The molecule has 2 rings (SSSR count). The molecule has 0 fully saturated rings. The topological polar surface area (TPSA) is 42.7 Å². The number of benzene rings is 1. The quantitative estimate of drug-likeness (QED) is 0.865. The summed E-state index contributed by atoms with van der Waals surface area (Å²) in [6, 6.07) is 8.47. The van der Waals surface area contributed by atoms with Crippen molar-refractivity contribution in [2.24, 2.45) is 5.92 Å². The van der Waals surface area contributed by atoms with Gasteiger partial charge in [0.25, 0.3) is 0 Å². The minimum Gasteiger partial charge on any atom is -0.310 e. The van der Waals surface area contributed by atoms with E-state index >= 15 is 0 Å². The van der Waals surface area contributed by atoms with Gasteiger partial charge in [0.15, 0.2) is 5.82 Å². The molecule has 1 heterocycles. The number of hydrogen-bond acceptors (Lipinski definition) is 3. The molecule has 0 aliphatic carbocycles. The molecule has 0 saturated heterocycles. The average Bonchev–Trinajstić information content (AvgIpc) is 2.76. The van der Waals surface area contributed by atoms with Crippen molar-refractivity contribution in [1.29, 1.82) is 0 Å². The van der Waals surface area contributed by atoms with Gasteiger partial charge in [0, 0.05) is 0 Å². The lowest BCUT2D eigenvalue weighted by molar-refractivity contribution is 0.539. The number of nitrogens with zero attached hydrogens (tertiary/aromatic N) is 3. The fourth-order valence-corrected chi connectivity index (χ4v) is 1.96. The van der Waals surface area contributed by atoms with Crippen LogP contribution in [0, 0.1) is 12.8 Å². The lowest BCUT2D eigenvalue weighted by Crippen LogP contribution is -2.19. The van der Waals surface area contributed by atoms with Crippen LogP contribution in [-0.2, 0) is 13.1 Å². The van der Waals surface area contributed by atoms with E-state index in [9.17, 15) is 0 Å². The van der Waals surface area contributed by atoms with Crippen LogP contribution in [0.5, 0.6) is 0 Å². The van der Waals surface area contributed by atoms with E-state index in [-0.39, 0.29) is 0 Å². The zero-order valence-corrected chi connectivity index (χ0v) is 11.9.